The Morgan fingerprint density at radius 2 is 1.74 bits per heavy atom. The fraction of sp³-hybridized carbons (Fsp3) is 0.800. The first-order valence-electron chi connectivity index (χ1n) is 7.88. The highest BCUT2D eigenvalue weighted by atomic mass is 19.3. The van der Waals surface area contributed by atoms with Crippen molar-refractivity contribution in [3.05, 3.63) is 0 Å². The minimum Gasteiger partial charge on any atom is -0.475 e. The molecule has 1 saturated carbocycles. The van der Waals surface area contributed by atoms with Crippen LogP contribution in [0.3, 0.4) is 0 Å². The molecule has 1 aliphatic carbocycles. The molecule has 132 valence electrons. The van der Waals surface area contributed by atoms with E-state index in [4.69, 9.17) is 5.11 Å². The summed E-state index contributed by atoms with van der Waals surface area (Å²) in [6.45, 7) is 0. The SMILES string of the molecule is CN[C@@H](CC1CCCCC1)C(=O)NC(CC(F)F)C(=O)C(=O)O. The Kier molecular flexibility index (Phi) is 8.08. The van der Waals surface area contributed by atoms with Crippen LogP contribution in [0.15, 0.2) is 0 Å². The molecule has 0 spiro atoms. The standard InChI is InChI=1S/C15H24F2N2O4/c1-18-11(7-9-5-3-2-4-6-9)14(21)19-10(8-12(16)17)13(20)15(22)23/h9-12,18H,2-8H2,1H3,(H,19,21)(H,22,23)/t10?,11-/m0/s1. The minimum atomic E-state index is -2.88. The summed E-state index contributed by atoms with van der Waals surface area (Å²) in [7, 11) is 1.58. The quantitative estimate of drug-likeness (QED) is 0.553. The number of carboxylic acid groups (broad SMARTS) is 1. The van der Waals surface area contributed by atoms with E-state index in [0.29, 0.717) is 12.3 Å². The van der Waals surface area contributed by atoms with Gasteiger partial charge in [0.15, 0.2) is 0 Å². The highest BCUT2D eigenvalue weighted by molar-refractivity contribution is 6.35. The van der Waals surface area contributed by atoms with Crippen LogP contribution < -0.4 is 10.6 Å². The van der Waals surface area contributed by atoms with Crippen LogP contribution in [0.4, 0.5) is 8.78 Å². The van der Waals surface area contributed by atoms with Crippen molar-refractivity contribution in [3.8, 4) is 0 Å². The van der Waals surface area contributed by atoms with Crippen LogP contribution in [0.25, 0.3) is 0 Å². The van der Waals surface area contributed by atoms with Gasteiger partial charge in [-0.1, -0.05) is 32.1 Å². The number of aliphatic carboxylic acids is 1. The van der Waals surface area contributed by atoms with Crippen molar-refractivity contribution in [3.63, 3.8) is 0 Å². The first-order valence-corrected chi connectivity index (χ1v) is 7.88. The molecule has 1 fully saturated rings. The van der Waals surface area contributed by atoms with E-state index in [9.17, 15) is 23.2 Å². The second kappa shape index (κ2) is 9.54. The predicted molar refractivity (Wildman–Crippen MR) is 79.2 cm³/mol. The summed E-state index contributed by atoms with van der Waals surface area (Å²) < 4.78 is 25.0. The molecule has 0 bridgehead atoms. The van der Waals surface area contributed by atoms with Crippen LogP contribution in [0.5, 0.6) is 0 Å². The number of carbonyl (C=O) groups is 3. The normalized spacial score (nSPS) is 18.4. The van der Waals surface area contributed by atoms with Crippen molar-refractivity contribution in [1.29, 1.82) is 0 Å². The van der Waals surface area contributed by atoms with Crippen molar-refractivity contribution in [2.45, 2.75) is 63.5 Å². The summed E-state index contributed by atoms with van der Waals surface area (Å²) in [5, 5.41) is 13.6. The van der Waals surface area contributed by atoms with Gasteiger partial charge in [-0.3, -0.25) is 9.59 Å². The van der Waals surface area contributed by atoms with Gasteiger partial charge in [-0.15, -0.1) is 0 Å². The molecule has 0 aromatic carbocycles. The zero-order valence-corrected chi connectivity index (χ0v) is 13.2. The van der Waals surface area contributed by atoms with E-state index >= 15 is 0 Å². The molecular formula is C15H24F2N2O4. The van der Waals surface area contributed by atoms with Gasteiger partial charge in [0.1, 0.15) is 6.04 Å². The lowest BCUT2D eigenvalue weighted by Gasteiger charge is -2.27. The van der Waals surface area contributed by atoms with Crippen LogP contribution >= 0.6 is 0 Å². The lowest BCUT2D eigenvalue weighted by Crippen LogP contribution is -2.52. The second-order valence-electron chi connectivity index (χ2n) is 5.94. The Balaban J connectivity index is 2.65. The molecule has 0 aromatic rings. The second-order valence-corrected chi connectivity index (χ2v) is 5.94. The number of hydrogen-bond acceptors (Lipinski definition) is 4. The zero-order valence-electron chi connectivity index (χ0n) is 13.2. The largest absolute Gasteiger partial charge is 0.475 e. The van der Waals surface area contributed by atoms with Gasteiger partial charge in [0.25, 0.3) is 5.78 Å². The van der Waals surface area contributed by atoms with Gasteiger partial charge >= 0.3 is 5.97 Å². The molecule has 0 saturated heterocycles. The zero-order chi connectivity index (χ0) is 17.4. The number of nitrogens with one attached hydrogen (secondary N) is 2. The number of ketones is 1. The number of Topliss-reactive ketones (excluding diaryl/α,β-unsaturated/α-hetero) is 1. The molecular weight excluding hydrogens is 310 g/mol. The van der Waals surface area contributed by atoms with Gasteiger partial charge in [-0.25, -0.2) is 13.6 Å². The number of halogens is 2. The van der Waals surface area contributed by atoms with Crippen molar-refractivity contribution in [2.75, 3.05) is 7.05 Å². The minimum absolute atomic E-state index is 0.371. The molecule has 0 radical (unpaired) electrons. The number of likely N-dealkylation sites (N-methyl/N-ethyl adjacent to an activating group) is 1. The van der Waals surface area contributed by atoms with Gasteiger partial charge < -0.3 is 15.7 Å². The molecule has 2 atom stereocenters. The van der Waals surface area contributed by atoms with Crippen LogP contribution in [0.2, 0.25) is 0 Å². The molecule has 0 heterocycles. The topological polar surface area (TPSA) is 95.5 Å². The summed E-state index contributed by atoms with van der Waals surface area (Å²) in [5.41, 5.74) is 0. The molecule has 1 rings (SSSR count). The van der Waals surface area contributed by atoms with Crippen molar-refractivity contribution in [1.82, 2.24) is 10.6 Å². The Labute approximate surface area is 134 Å². The number of alkyl halides is 2. The Bertz CT molecular complexity index is 426. The Morgan fingerprint density at radius 3 is 2.22 bits per heavy atom. The van der Waals surface area contributed by atoms with E-state index in [1.54, 1.807) is 7.05 Å². The molecule has 0 aromatic heterocycles. The van der Waals surface area contributed by atoms with Crippen molar-refractivity contribution >= 4 is 17.7 Å². The van der Waals surface area contributed by atoms with E-state index in [0.717, 1.165) is 25.7 Å². The molecule has 0 aliphatic heterocycles. The van der Waals surface area contributed by atoms with E-state index in [1.807, 2.05) is 0 Å². The van der Waals surface area contributed by atoms with Crippen LogP contribution in [-0.2, 0) is 14.4 Å². The number of hydrogen-bond donors (Lipinski definition) is 3. The third kappa shape index (κ3) is 6.60. The molecule has 1 unspecified atom stereocenters. The molecule has 23 heavy (non-hydrogen) atoms. The number of carboxylic acids is 1. The summed E-state index contributed by atoms with van der Waals surface area (Å²) in [6.07, 6.45) is 2.08. The summed E-state index contributed by atoms with van der Waals surface area (Å²) in [4.78, 5) is 34.3. The average molecular weight is 334 g/mol. The monoisotopic (exact) mass is 334 g/mol. The lowest BCUT2D eigenvalue weighted by atomic mass is 9.84. The third-order valence-corrected chi connectivity index (χ3v) is 4.22. The van der Waals surface area contributed by atoms with E-state index in [2.05, 4.69) is 10.6 Å². The maximum Gasteiger partial charge on any atom is 0.374 e. The highest BCUT2D eigenvalue weighted by Gasteiger charge is 2.32. The van der Waals surface area contributed by atoms with Crippen LogP contribution in [0, 0.1) is 5.92 Å². The first kappa shape index (κ1) is 19.5. The van der Waals surface area contributed by atoms with Gasteiger partial charge in [-0.2, -0.15) is 0 Å². The lowest BCUT2D eigenvalue weighted by molar-refractivity contribution is -0.151. The van der Waals surface area contributed by atoms with Gasteiger partial charge in [0.05, 0.1) is 6.04 Å². The van der Waals surface area contributed by atoms with E-state index in [1.165, 1.54) is 6.42 Å². The van der Waals surface area contributed by atoms with E-state index < -0.39 is 42.6 Å². The molecule has 1 aliphatic rings. The van der Waals surface area contributed by atoms with Crippen LogP contribution in [0.1, 0.15) is 44.9 Å². The van der Waals surface area contributed by atoms with E-state index in [-0.39, 0.29) is 0 Å². The third-order valence-electron chi connectivity index (χ3n) is 4.22. The number of rotatable bonds is 9. The molecule has 3 N–H and O–H groups in total. The smallest absolute Gasteiger partial charge is 0.374 e. The van der Waals surface area contributed by atoms with Crippen molar-refractivity contribution < 1.29 is 28.3 Å². The molecule has 1 amide bonds. The maximum atomic E-state index is 12.5. The predicted octanol–water partition coefficient (Wildman–Crippen LogP) is 1.34. The Hall–Kier alpha value is -1.57. The number of amides is 1. The molecule has 8 heteroatoms. The van der Waals surface area contributed by atoms with Gasteiger partial charge in [0, 0.05) is 6.42 Å². The van der Waals surface area contributed by atoms with Gasteiger partial charge in [0.2, 0.25) is 12.3 Å². The van der Waals surface area contributed by atoms with Crippen LogP contribution in [-0.4, -0.2) is 48.3 Å². The fourth-order valence-corrected chi connectivity index (χ4v) is 2.94. The number of carbonyl (C=O) groups excluding carboxylic acids is 2. The summed E-state index contributed by atoms with van der Waals surface area (Å²) in [5.74, 6) is -3.50. The average Bonchev–Trinajstić information content (AvgIpc) is 2.51. The highest BCUT2D eigenvalue weighted by Crippen LogP contribution is 2.27. The fourth-order valence-electron chi connectivity index (χ4n) is 2.94. The summed E-state index contributed by atoms with van der Waals surface area (Å²) >= 11 is 0. The first-order chi connectivity index (χ1) is 10.8. The maximum absolute atomic E-state index is 12.5. The summed E-state index contributed by atoms with van der Waals surface area (Å²) in [6, 6.07) is -2.33. The molecule has 6 nitrogen and oxygen atoms in total. The van der Waals surface area contributed by atoms with Crippen molar-refractivity contribution in [2.24, 2.45) is 5.92 Å². The van der Waals surface area contributed by atoms with Gasteiger partial charge in [-0.05, 0) is 19.4 Å². The Morgan fingerprint density at radius 1 is 1.13 bits per heavy atom.